The van der Waals surface area contributed by atoms with Crippen molar-refractivity contribution >= 4 is 17.4 Å². The largest absolute Gasteiger partial charge is 0.367 e. The molecular formula is C18H19ClN4. The van der Waals surface area contributed by atoms with Crippen LogP contribution >= 0.6 is 11.6 Å². The third kappa shape index (κ3) is 3.64. The van der Waals surface area contributed by atoms with Crippen molar-refractivity contribution in [2.75, 3.05) is 25.0 Å². The predicted molar refractivity (Wildman–Crippen MR) is 92.4 cm³/mol. The zero-order valence-corrected chi connectivity index (χ0v) is 13.6. The number of nitrogens with zero attached hydrogens (tertiary/aromatic N) is 3. The van der Waals surface area contributed by atoms with Gasteiger partial charge in [0.15, 0.2) is 0 Å². The van der Waals surface area contributed by atoms with Crippen molar-refractivity contribution in [2.24, 2.45) is 0 Å². The average Bonchev–Trinajstić information content (AvgIpc) is 3.11. The van der Waals surface area contributed by atoms with Gasteiger partial charge >= 0.3 is 0 Å². The molecule has 1 N–H and O–H groups in total. The summed E-state index contributed by atoms with van der Waals surface area (Å²) in [5.74, 6) is 0.631. The van der Waals surface area contributed by atoms with Crippen molar-refractivity contribution < 1.29 is 0 Å². The summed E-state index contributed by atoms with van der Waals surface area (Å²) < 4.78 is 0. The van der Waals surface area contributed by atoms with Gasteiger partial charge in [-0.05, 0) is 49.7 Å². The summed E-state index contributed by atoms with van der Waals surface area (Å²) in [5, 5.41) is 13.3. The first-order chi connectivity index (χ1) is 11.3. The second kappa shape index (κ2) is 7.45. The molecule has 1 fully saturated rings. The highest BCUT2D eigenvalue weighted by Gasteiger charge is 2.25. The molecule has 3 rings (SSSR count). The zero-order chi connectivity index (χ0) is 16.1. The van der Waals surface area contributed by atoms with Gasteiger partial charge in [-0.15, -0.1) is 0 Å². The highest BCUT2D eigenvalue weighted by Crippen LogP contribution is 2.30. The lowest BCUT2D eigenvalue weighted by Crippen LogP contribution is -2.31. The summed E-state index contributed by atoms with van der Waals surface area (Å²) >= 11 is 6.42. The Hall–Kier alpha value is -2.09. The molecule has 1 aromatic carbocycles. The van der Waals surface area contributed by atoms with E-state index in [0.29, 0.717) is 17.9 Å². The molecule has 1 saturated heterocycles. The van der Waals surface area contributed by atoms with Crippen LogP contribution in [-0.4, -0.2) is 29.5 Å². The van der Waals surface area contributed by atoms with Crippen LogP contribution in [0.15, 0.2) is 42.6 Å². The van der Waals surface area contributed by atoms with E-state index in [9.17, 15) is 5.26 Å². The number of aromatic nitrogens is 1. The van der Waals surface area contributed by atoms with Gasteiger partial charge in [-0.1, -0.05) is 29.8 Å². The van der Waals surface area contributed by atoms with Crippen molar-refractivity contribution in [3.63, 3.8) is 0 Å². The second-order valence-corrected chi connectivity index (χ2v) is 6.08. The van der Waals surface area contributed by atoms with Crippen LogP contribution in [0, 0.1) is 11.3 Å². The number of nitriles is 1. The van der Waals surface area contributed by atoms with Gasteiger partial charge in [-0.3, -0.25) is 4.90 Å². The summed E-state index contributed by atoms with van der Waals surface area (Å²) in [7, 11) is 0. The number of halogens is 1. The van der Waals surface area contributed by atoms with Crippen molar-refractivity contribution in [3.05, 3.63) is 58.7 Å². The monoisotopic (exact) mass is 326 g/mol. The Morgan fingerprint density at radius 3 is 2.74 bits per heavy atom. The van der Waals surface area contributed by atoms with E-state index in [1.807, 2.05) is 18.2 Å². The Kier molecular flexibility index (Phi) is 5.12. The molecule has 118 valence electrons. The molecule has 4 nitrogen and oxygen atoms in total. The minimum Gasteiger partial charge on any atom is -0.367 e. The first-order valence-corrected chi connectivity index (χ1v) is 8.25. The molecular weight excluding hydrogens is 308 g/mol. The van der Waals surface area contributed by atoms with E-state index in [-0.39, 0.29) is 6.04 Å². The Morgan fingerprint density at radius 1 is 1.22 bits per heavy atom. The third-order valence-corrected chi connectivity index (χ3v) is 4.58. The molecule has 0 saturated carbocycles. The van der Waals surface area contributed by atoms with E-state index in [1.165, 1.54) is 12.8 Å². The van der Waals surface area contributed by atoms with Gasteiger partial charge < -0.3 is 5.32 Å². The maximum Gasteiger partial charge on any atom is 0.143 e. The van der Waals surface area contributed by atoms with E-state index in [1.54, 1.807) is 18.3 Å². The van der Waals surface area contributed by atoms with Gasteiger partial charge in [0.25, 0.3) is 0 Å². The Labute approximate surface area is 141 Å². The predicted octanol–water partition coefficient (Wildman–Crippen LogP) is 3.86. The highest BCUT2D eigenvalue weighted by atomic mass is 35.5. The standard InChI is InChI=1S/C18H19ClN4/c19-16-8-2-1-7-15(16)17(23-10-3-4-11-23)13-22-18-14(12-20)6-5-9-21-18/h1-2,5-9,17H,3-4,10-11,13H2,(H,21,22)/t17-/m1/s1. The normalized spacial score (nSPS) is 16.0. The summed E-state index contributed by atoms with van der Waals surface area (Å²) in [6.07, 6.45) is 4.13. The lowest BCUT2D eigenvalue weighted by molar-refractivity contribution is 0.256. The number of nitrogens with one attached hydrogen (secondary N) is 1. The molecule has 2 heterocycles. The SMILES string of the molecule is N#Cc1cccnc1NC[C@H](c1ccccc1Cl)N1CCCC1. The highest BCUT2D eigenvalue weighted by molar-refractivity contribution is 6.31. The van der Waals surface area contributed by atoms with Crippen LogP contribution in [0.4, 0.5) is 5.82 Å². The smallest absolute Gasteiger partial charge is 0.143 e. The number of pyridine rings is 1. The summed E-state index contributed by atoms with van der Waals surface area (Å²) in [5.41, 5.74) is 1.69. The van der Waals surface area contributed by atoms with Gasteiger partial charge in [0, 0.05) is 17.8 Å². The molecule has 0 spiro atoms. The number of likely N-dealkylation sites (tertiary alicyclic amines) is 1. The Morgan fingerprint density at radius 2 is 2.00 bits per heavy atom. The van der Waals surface area contributed by atoms with Crippen LogP contribution in [0.2, 0.25) is 5.02 Å². The number of benzene rings is 1. The molecule has 1 aromatic heterocycles. The van der Waals surface area contributed by atoms with Gasteiger partial charge in [-0.2, -0.15) is 5.26 Å². The number of anilines is 1. The van der Waals surface area contributed by atoms with Crippen molar-refractivity contribution in [3.8, 4) is 6.07 Å². The van der Waals surface area contributed by atoms with Crippen molar-refractivity contribution in [1.29, 1.82) is 5.26 Å². The van der Waals surface area contributed by atoms with Gasteiger partial charge in [0.1, 0.15) is 11.9 Å². The van der Waals surface area contributed by atoms with Crippen LogP contribution in [0.25, 0.3) is 0 Å². The first kappa shape index (κ1) is 15.8. The second-order valence-electron chi connectivity index (χ2n) is 5.67. The molecule has 1 atom stereocenters. The molecule has 0 unspecified atom stereocenters. The van der Waals surface area contributed by atoms with Gasteiger partial charge in [0.2, 0.25) is 0 Å². The van der Waals surface area contributed by atoms with Crippen LogP contribution in [-0.2, 0) is 0 Å². The average molecular weight is 327 g/mol. The summed E-state index contributed by atoms with van der Waals surface area (Å²) in [6.45, 7) is 2.82. The fraction of sp³-hybridized carbons (Fsp3) is 0.333. The zero-order valence-electron chi connectivity index (χ0n) is 12.9. The number of hydrogen-bond donors (Lipinski definition) is 1. The van der Waals surface area contributed by atoms with E-state index >= 15 is 0 Å². The Bertz CT molecular complexity index is 704. The minimum atomic E-state index is 0.180. The Balaban J connectivity index is 1.82. The van der Waals surface area contributed by atoms with E-state index in [4.69, 9.17) is 11.6 Å². The summed E-state index contributed by atoms with van der Waals surface area (Å²) in [6, 6.07) is 13.9. The maximum absolute atomic E-state index is 9.19. The van der Waals surface area contributed by atoms with E-state index < -0.39 is 0 Å². The minimum absolute atomic E-state index is 0.180. The molecule has 2 aromatic rings. The van der Waals surface area contributed by atoms with Crippen molar-refractivity contribution in [1.82, 2.24) is 9.88 Å². The third-order valence-electron chi connectivity index (χ3n) is 4.24. The van der Waals surface area contributed by atoms with Crippen LogP contribution < -0.4 is 5.32 Å². The fourth-order valence-corrected chi connectivity index (χ4v) is 3.33. The van der Waals surface area contributed by atoms with Crippen LogP contribution in [0.3, 0.4) is 0 Å². The fourth-order valence-electron chi connectivity index (χ4n) is 3.06. The van der Waals surface area contributed by atoms with E-state index in [0.717, 1.165) is 23.7 Å². The molecule has 0 bridgehead atoms. The molecule has 5 heteroatoms. The lowest BCUT2D eigenvalue weighted by Gasteiger charge is -2.29. The molecule has 0 amide bonds. The molecule has 1 aliphatic heterocycles. The van der Waals surface area contributed by atoms with Gasteiger partial charge in [0.05, 0.1) is 11.6 Å². The lowest BCUT2D eigenvalue weighted by atomic mass is 10.1. The number of rotatable bonds is 5. The molecule has 0 aliphatic carbocycles. The summed E-state index contributed by atoms with van der Waals surface area (Å²) in [4.78, 5) is 6.73. The van der Waals surface area contributed by atoms with Crippen LogP contribution in [0.1, 0.15) is 30.0 Å². The topological polar surface area (TPSA) is 52.0 Å². The maximum atomic E-state index is 9.19. The van der Waals surface area contributed by atoms with Gasteiger partial charge in [-0.25, -0.2) is 4.98 Å². The molecule has 0 radical (unpaired) electrons. The quantitative estimate of drug-likeness (QED) is 0.906. The van der Waals surface area contributed by atoms with Crippen molar-refractivity contribution in [2.45, 2.75) is 18.9 Å². The van der Waals surface area contributed by atoms with E-state index in [2.05, 4.69) is 27.3 Å². The first-order valence-electron chi connectivity index (χ1n) is 7.87. The number of hydrogen-bond acceptors (Lipinski definition) is 4. The van der Waals surface area contributed by atoms with Crippen LogP contribution in [0.5, 0.6) is 0 Å². The molecule has 23 heavy (non-hydrogen) atoms. The molecule has 1 aliphatic rings.